The lowest BCUT2D eigenvalue weighted by atomic mass is 9.72. The maximum atomic E-state index is 13.8. The number of benzene rings is 2. The van der Waals surface area contributed by atoms with Gasteiger partial charge in [-0.05, 0) is 67.5 Å². The summed E-state index contributed by atoms with van der Waals surface area (Å²) in [7, 11) is -1.98. The Morgan fingerprint density at radius 1 is 1.09 bits per heavy atom. The van der Waals surface area contributed by atoms with Gasteiger partial charge >= 0.3 is 0 Å². The van der Waals surface area contributed by atoms with Crippen molar-refractivity contribution in [3.05, 3.63) is 59.7 Å². The Morgan fingerprint density at radius 3 is 2.51 bits per heavy atom. The molecule has 0 bridgehead atoms. The number of hydrogen-bond donors (Lipinski definition) is 2. The van der Waals surface area contributed by atoms with Crippen molar-refractivity contribution in [1.29, 1.82) is 0 Å². The first-order valence-electron chi connectivity index (χ1n) is 12.9. The number of fused-ring (bicyclic) bond motifs is 1. The van der Waals surface area contributed by atoms with Gasteiger partial charge in [0.1, 0.15) is 5.75 Å². The number of carbonyl (C=O) groups excluding carboxylic acids is 1. The summed E-state index contributed by atoms with van der Waals surface area (Å²) in [5.74, 6) is 1.12. The van der Waals surface area contributed by atoms with Gasteiger partial charge < -0.3 is 10.1 Å². The van der Waals surface area contributed by atoms with Crippen molar-refractivity contribution in [1.82, 2.24) is 10.0 Å². The molecule has 4 rings (SSSR count). The predicted molar refractivity (Wildman–Crippen MR) is 138 cm³/mol. The average Bonchev–Trinajstić information content (AvgIpc) is 2.89. The van der Waals surface area contributed by atoms with E-state index in [1.165, 1.54) is 11.1 Å². The minimum absolute atomic E-state index is 0.00368. The van der Waals surface area contributed by atoms with E-state index < -0.39 is 15.4 Å². The van der Waals surface area contributed by atoms with Crippen molar-refractivity contribution in [3.8, 4) is 5.75 Å². The predicted octanol–water partition coefficient (Wildman–Crippen LogP) is 4.94. The molecule has 7 heteroatoms. The lowest BCUT2D eigenvalue weighted by molar-refractivity contribution is -0.133. The molecule has 2 atom stereocenters. The second-order valence-electron chi connectivity index (χ2n) is 10.1. The van der Waals surface area contributed by atoms with E-state index in [0.29, 0.717) is 12.8 Å². The van der Waals surface area contributed by atoms with Crippen molar-refractivity contribution in [3.63, 3.8) is 0 Å². The van der Waals surface area contributed by atoms with Crippen LogP contribution in [-0.4, -0.2) is 34.0 Å². The van der Waals surface area contributed by atoms with Crippen molar-refractivity contribution >= 4 is 15.9 Å². The lowest BCUT2D eigenvalue weighted by Gasteiger charge is -2.40. The fourth-order valence-corrected chi connectivity index (χ4v) is 6.96. The highest BCUT2D eigenvalue weighted by Crippen LogP contribution is 2.40. The van der Waals surface area contributed by atoms with Crippen LogP contribution in [0, 0.1) is 5.41 Å². The molecule has 0 heterocycles. The fourth-order valence-electron chi connectivity index (χ4n) is 5.81. The van der Waals surface area contributed by atoms with E-state index in [0.717, 1.165) is 50.7 Å². The number of methoxy groups -OCH3 is 1. The van der Waals surface area contributed by atoms with E-state index in [4.69, 9.17) is 4.74 Å². The maximum absolute atomic E-state index is 13.8. The average molecular weight is 499 g/mol. The van der Waals surface area contributed by atoms with Crippen molar-refractivity contribution in [2.24, 2.45) is 5.41 Å². The van der Waals surface area contributed by atoms with E-state index in [1.807, 2.05) is 6.07 Å². The molecule has 190 valence electrons. The van der Waals surface area contributed by atoms with Gasteiger partial charge in [-0.1, -0.05) is 56.9 Å². The minimum Gasteiger partial charge on any atom is -0.497 e. The zero-order chi connectivity index (χ0) is 24.9. The van der Waals surface area contributed by atoms with Crippen LogP contribution in [0.2, 0.25) is 0 Å². The van der Waals surface area contributed by atoms with E-state index in [-0.39, 0.29) is 29.3 Å². The molecule has 0 spiro atoms. The van der Waals surface area contributed by atoms with Crippen LogP contribution >= 0.6 is 0 Å². The fraction of sp³-hybridized carbons (Fsp3) is 0.536. The summed E-state index contributed by atoms with van der Waals surface area (Å²) in [5, 5.41) is 3.40. The molecular formula is C28H38N2O4S. The molecule has 2 aromatic rings. The Hall–Kier alpha value is -2.38. The quantitative estimate of drug-likeness (QED) is 0.513. The molecule has 2 aliphatic carbocycles. The number of carbonyl (C=O) groups is 1. The highest BCUT2D eigenvalue weighted by atomic mass is 32.2. The summed E-state index contributed by atoms with van der Waals surface area (Å²) < 4.78 is 34.0. The topological polar surface area (TPSA) is 84.5 Å². The molecular weight excluding hydrogens is 460 g/mol. The maximum Gasteiger partial charge on any atom is 0.240 e. The number of sulfonamides is 1. The second-order valence-corrected chi connectivity index (χ2v) is 11.8. The largest absolute Gasteiger partial charge is 0.497 e. The van der Waals surface area contributed by atoms with Gasteiger partial charge in [-0.15, -0.1) is 0 Å². The Bertz CT molecular complexity index is 1110. The zero-order valence-corrected chi connectivity index (χ0v) is 21.7. The van der Waals surface area contributed by atoms with E-state index in [2.05, 4.69) is 29.1 Å². The molecule has 0 aliphatic heterocycles. The van der Waals surface area contributed by atoms with Crippen molar-refractivity contribution in [2.45, 2.75) is 81.6 Å². The number of rotatable bonds is 9. The Morgan fingerprint density at radius 2 is 1.83 bits per heavy atom. The molecule has 1 amide bonds. The number of amides is 1. The van der Waals surface area contributed by atoms with E-state index in [9.17, 15) is 13.2 Å². The first-order chi connectivity index (χ1) is 16.9. The highest BCUT2D eigenvalue weighted by Gasteiger charge is 2.42. The van der Waals surface area contributed by atoms with Crippen LogP contribution in [0.1, 0.15) is 75.3 Å². The first-order valence-corrected chi connectivity index (χ1v) is 14.4. The molecule has 0 saturated heterocycles. The Balaban J connectivity index is 1.52. The standard InChI is InChI=1S/C28H38N2O4S/c1-3-10-25-24-15-14-22(34-2)19-21(24)13-16-26(25)30-27(31)28(17-8-5-9-18-28)20-29-35(32,33)23-11-6-4-7-12-23/h4,6-7,11-12,14-15,19,25-26,29H,3,5,8-10,13,16-18,20H2,1-2H3,(H,30,31). The Kier molecular flexibility index (Phi) is 8.17. The van der Waals surface area contributed by atoms with Crippen molar-refractivity contribution in [2.75, 3.05) is 13.7 Å². The number of hydrogen-bond acceptors (Lipinski definition) is 4. The first kappa shape index (κ1) is 25.7. The monoisotopic (exact) mass is 498 g/mol. The van der Waals surface area contributed by atoms with Crippen molar-refractivity contribution < 1.29 is 17.9 Å². The van der Waals surface area contributed by atoms with Gasteiger partial charge in [0.05, 0.1) is 17.4 Å². The van der Waals surface area contributed by atoms with Crippen LogP contribution in [0.25, 0.3) is 0 Å². The van der Waals surface area contributed by atoms with Crippen LogP contribution in [0.4, 0.5) is 0 Å². The molecule has 1 saturated carbocycles. The molecule has 2 aromatic carbocycles. The van der Waals surface area contributed by atoms with Gasteiger partial charge in [0.15, 0.2) is 0 Å². The van der Waals surface area contributed by atoms with Gasteiger partial charge in [0.2, 0.25) is 15.9 Å². The van der Waals surface area contributed by atoms with Gasteiger partial charge in [-0.2, -0.15) is 0 Å². The summed E-state index contributed by atoms with van der Waals surface area (Å²) >= 11 is 0. The molecule has 0 aromatic heterocycles. The SMILES string of the molecule is CCCC1c2ccc(OC)cc2CCC1NC(=O)C1(CNS(=O)(=O)c2ccccc2)CCCCC1. The number of nitrogens with one attached hydrogen (secondary N) is 2. The zero-order valence-electron chi connectivity index (χ0n) is 20.9. The molecule has 6 nitrogen and oxygen atoms in total. The van der Waals surface area contributed by atoms with E-state index in [1.54, 1.807) is 37.4 Å². The van der Waals surface area contributed by atoms with Crippen LogP contribution in [0.3, 0.4) is 0 Å². The van der Waals surface area contributed by atoms with Crippen LogP contribution in [-0.2, 0) is 21.2 Å². The van der Waals surface area contributed by atoms with Crippen LogP contribution < -0.4 is 14.8 Å². The van der Waals surface area contributed by atoms with Gasteiger partial charge in [0.25, 0.3) is 0 Å². The summed E-state index contributed by atoms with van der Waals surface area (Å²) in [6.45, 7) is 2.31. The summed E-state index contributed by atoms with van der Waals surface area (Å²) in [6.07, 6.45) is 8.16. The normalized spacial score (nSPS) is 21.7. The van der Waals surface area contributed by atoms with Crippen LogP contribution in [0.5, 0.6) is 5.75 Å². The smallest absolute Gasteiger partial charge is 0.240 e. The van der Waals surface area contributed by atoms with Gasteiger partial charge in [0, 0.05) is 18.5 Å². The Labute approximate surface area is 209 Å². The second kappa shape index (κ2) is 11.1. The minimum atomic E-state index is -3.67. The summed E-state index contributed by atoms with van der Waals surface area (Å²) in [5.41, 5.74) is 1.89. The molecule has 2 unspecified atom stereocenters. The summed E-state index contributed by atoms with van der Waals surface area (Å²) in [4.78, 5) is 14.1. The third-order valence-electron chi connectivity index (χ3n) is 7.82. The number of ether oxygens (including phenoxy) is 1. The molecule has 0 radical (unpaired) electrons. The van der Waals surface area contributed by atoms with Gasteiger partial charge in [-0.3, -0.25) is 4.79 Å². The van der Waals surface area contributed by atoms with Gasteiger partial charge in [-0.25, -0.2) is 13.1 Å². The number of aryl methyl sites for hydroxylation is 1. The molecule has 2 N–H and O–H groups in total. The lowest BCUT2D eigenvalue weighted by Crippen LogP contribution is -2.53. The highest BCUT2D eigenvalue weighted by molar-refractivity contribution is 7.89. The molecule has 35 heavy (non-hydrogen) atoms. The third kappa shape index (κ3) is 5.72. The van der Waals surface area contributed by atoms with E-state index >= 15 is 0 Å². The molecule has 1 fully saturated rings. The van der Waals surface area contributed by atoms with Crippen LogP contribution in [0.15, 0.2) is 53.4 Å². The summed E-state index contributed by atoms with van der Waals surface area (Å²) in [6, 6.07) is 14.7. The third-order valence-corrected chi connectivity index (χ3v) is 9.24. The molecule has 2 aliphatic rings.